The quantitative estimate of drug-likeness (QED) is 0.893. The van der Waals surface area contributed by atoms with Crippen LogP contribution in [0.15, 0.2) is 30.3 Å². The van der Waals surface area contributed by atoms with Crippen molar-refractivity contribution in [3.63, 3.8) is 0 Å². The van der Waals surface area contributed by atoms with Crippen molar-refractivity contribution in [1.82, 2.24) is 9.80 Å². The van der Waals surface area contributed by atoms with Crippen molar-refractivity contribution in [2.75, 3.05) is 38.0 Å². The Labute approximate surface area is 121 Å². The van der Waals surface area contributed by atoms with Crippen molar-refractivity contribution < 1.29 is 4.79 Å². The fraction of sp³-hybridized carbons (Fsp3) is 0.562. The number of hydrogen-bond acceptors (Lipinski definition) is 3. The van der Waals surface area contributed by atoms with Gasteiger partial charge in [0.2, 0.25) is 5.91 Å². The number of carbonyl (C=O) groups is 1. The normalized spacial score (nSPS) is 17.8. The Morgan fingerprint density at radius 2 is 1.85 bits per heavy atom. The molecule has 0 aliphatic carbocycles. The van der Waals surface area contributed by atoms with Crippen LogP contribution in [0.25, 0.3) is 0 Å². The van der Waals surface area contributed by atoms with Gasteiger partial charge >= 0.3 is 0 Å². The van der Waals surface area contributed by atoms with E-state index in [2.05, 4.69) is 24.1 Å². The van der Waals surface area contributed by atoms with Gasteiger partial charge in [0.25, 0.3) is 0 Å². The van der Waals surface area contributed by atoms with E-state index in [-0.39, 0.29) is 5.91 Å². The zero-order chi connectivity index (χ0) is 14.4. The number of piperazine rings is 1. The van der Waals surface area contributed by atoms with Crippen LogP contribution in [0.3, 0.4) is 0 Å². The van der Waals surface area contributed by atoms with E-state index >= 15 is 0 Å². The molecule has 1 saturated heterocycles. The van der Waals surface area contributed by atoms with E-state index in [1.807, 2.05) is 35.2 Å². The summed E-state index contributed by atoms with van der Waals surface area (Å²) in [6.07, 6.45) is 1.17. The first kappa shape index (κ1) is 14.9. The van der Waals surface area contributed by atoms with Crippen LogP contribution in [-0.2, 0) is 4.79 Å². The van der Waals surface area contributed by atoms with E-state index < -0.39 is 0 Å². The molecule has 1 atom stereocenters. The van der Waals surface area contributed by atoms with E-state index in [0.29, 0.717) is 12.6 Å². The van der Waals surface area contributed by atoms with Gasteiger partial charge in [0.1, 0.15) is 0 Å². The predicted octanol–water partition coefficient (Wildman–Crippen LogP) is 2.04. The molecule has 1 aromatic rings. The summed E-state index contributed by atoms with van der Waals surface area (Å²) >= 11 is 0. The predicted molar refractivity (Wildman–Crippen MR) is 82.8 cm³/mol. The van der Waals surface area contributed by atoms with Gasteiger partial charge in [-0.05, 0) is 25.5 Å². The lowest BCUT2D eigenvalue weighted by Crippen LogP contribution is -2.52. The first-order valence-electron chi connectivity index (χ1n) is 7.51. The largest absolute Gasteiger partial charge is 0.376 e. The fourth-order valence-electron chi connectivity index (χ4n) is 2.52. The zero-order valence-electron chi connectivity index (χ0n) is 12.5. The number of amides is 1. The van der Waals surface area contributed by atoms with Crippen molar-refractivity contribution >= 4 is 11.6 Å². The van der Waals surface area contributed by atoms with Crippen LogP contribution in [0.5, 0.6) is 0 Å². The number of hydrogen-bond donors (Lipinski definition) is 1. The van der Waals surface area contributed by atoms with Crippen molar-refractivity contribution in [3.8, 4) is 0 Å². The Hall–Kier alpha value is -1.55. The lowest BCUT2D eigenvalue weighted by atomic mass is 10.2. The smallest absolute Gasteiger partial charge is 0.241 e. The first-order chi connectivity index (χ1) is 9.70. The van der Waals surface area contributed by atoms with E-state index in [1.54, 1.807) is 0 Å². The lowest BCUT2D eigenvalue weighted by Gasteiger charge is -2.37. The summed E-state index contributed by atoms with van der Waals surface area (Å²) in [5.74, 6) is 0.192. The molecule has 0 spiro atoms. The van der Waals surface area contributed by atoms with Crippen molar-refractivity contribution in [2.45, 2.75) is 26.3 Å². The summed E-state index contributed by atoms with van der Waals surface area (Å²) in [5, 5.41) is 3.18. The summed E-state index contributed by atoms with van der Waals surface area (Å²) in [6, 6.07) is 10.5. The highest BCUT2D eigenvalue weighted by Crippen LogP contribution is 2.09. The van der Waals surface area contributed by atoms with Crippen LogP contribution in [0.2, 0.25) is 0 Å². The van der Waals surface area contributed by atoms with Gasteiger partial charge in [-0.15, -0.1) is 0 Å². The number of para-hydroxylation sites is 1. The SMILES string of the molecule is CCC(C)N1CCN(C(=O)CNc2ccccc2)CC1. The second kappa shape index (κ2) is 7.29. The summed E-state index contributed by atoms with van der Waals surface area (Å²) in [5.41, 5.74) is 0.999. The van der Waals surface area contributed by atoms with Crippen LogP contribution in [0.4, 0.5) is 5.69 Å². The number of nitrogens with zero attached hydrogens (tertiary/aromatic N) is 2. The van der Waals surface area contributed by atoms with Gasteiger partial charge in [-0.1, -0.05) is 25.1 Å². The summed E-state index contributed by atoms with van der Waals surface area (Å²) in [6.45, 7) is 8.53. The number of anilines is 1. The van der Waals surface area contributed by atoms with Crippen molar-refractivity contribution in [2.24, 2.45) is 0 Å². The van der Waals surface area contributed by atoms with Gasteiger partial charge in [0.15, 0.2) is 0 Å². The van der Waals surface area contributed by atoms with Crippen molar-refractivity contribution in [1.29, 1.82) is 0 Å². The zero-order valence-corrected chi connectivity index (χ0v) is 12.5. The minimum atomic E-state index is 0.192. The standard InChI is InChI=1S/C16H25N3O/c1-3-14(2)18-9-11-19(12-10-18)16(20)13-17-15-7-5-4-6-8-15/h4-8,14,17H,3,9-13H2,1-2H3. The molecule has 1 N–H and O–H groups in total. The molecule has 1 aromatic carbocycles. The minimum absolute atomic E-state index is 0.192. The van der Waals surface area contributed by atoms with Crippen LogP contribution in [0.1, 0.15) is 20.3 Å². The number of benzene rings is 1. The van der Waals surface area contributed by atoms with Crippen LogP contribution in [-0.4, -0.2) is 54.5 Å². The Morgan fingerprint density at radius 3 is 2.45 bits per heavy atom. The molecule has 1 amide bonds. The summed E-state index contributed by atoms with van der Waals surface area (Å²) in [7, 11) is 0. The molecule has 4 heteroatoms. The number of carbonyl (C=O) groups excluding carboxylic acids is 1. The van der Waals surface area contributed by atoms with Gasteiger partial charge in [-0.3, -0.25) is 9.69 Å². The molecule has 0 saturated carbocycles. The monoisotopic (exact) mass is 275 g/mol. The highest BCUT2D eigenvalue weighted by molar-refractivity contribution is 5.81. The average Bonchev–Trinajstić information content (AvgIpc) is 2.53. The number of nitrogens with one attached hydrogen (secondary N) is 1. The van der Waals surface area contributed by atoms with Crippen molar-refractivity contribution in [3.05, 3.63) is 30.3 Å². The Kier molecular flexibility index (Phi) is 5.41. The summed E-state index contributed by atoms with van der Waals surface area (Å²) < 4.78 is 0. The first-order valence-corrected chi connectivity index (χ1v) is 7.51. The number of rotatable bonds is 5. The molecule has 4 nitrogen and oxygen atoms in total. The summed E-state index contributed by atoms with van der Waals surface area (Å²) in [4.78, 5) is 16.6. The molecule has 110 valence electrons. The van der Waals surface area contributed by atoms with E-state index in [9.17, 15) is 4.79 Å². The maximum atomic E-state index is 12.2. The third kappa shape index (κ3) is 3.97. The van der Waals surface area contributed by atoms with Gasteiger partial charge in [-0.25, -0.2) is 0 Å². The second-order valence-corrected chi connectivity index (χ2v) is 5.39. The highest BCUT2D eigenvalue weighted by atomic mass is 16.2. The maximum Gasteiger partial charge on any atom is 0.241 e. The third-order valence-corrected chi connectivity index (χ3v) is 4.10. The van der Waals surface area contributed by atoms with Gasteiger partial charge in [-0.2, -0.15) is 0 Å². The molecule has 0 aromatic heterocycles. The Balaban J connectivity index is 1.75. The van der Waals surface area contributed by atoms with Crippen LogP contribution >= 0.6 is 0 Å². The molecule has 2 rings (SSSR count). The topological polar surface area (TPSA) is 35.6 Å². The van der Waals surface area contributed by atoms with E-state index in [4.69, 9.17) is 0 Å². The molecule has 1 aliphatic heterocycles. The molecule has 1 heterocycles. The van der Waals surface area contributed by atoms with Crippen LogP contribution in [0, 0.1) is 0 Å². The lowest BCUT2D eigenvalue weighted by molar-refractivity contribution is -0.131. The maximum absolute atomic E-state index is 12.2. The molecule has 1 fully saturated rings. The fourth-order valence-corrected chi connectivity index (χ4v) is 2.52. The molecule has 0 radical (unpaired) electrons. The molecular weight excluding hydrogens is 250 g/mol. The second-order valence-electron chi connectivity index (χ2n) is 5.39. The van der Waals surface area contributed by atoms with Gasteiger partial charge in [0, 0.05) is 37.9 Å². The third-order valence-electron chi connectivity index (χ3n) is 4.10. The minimum Gasteiger partial charge on any atom is -0.376 e. The molecule has 0 bridgehead atoms. The molecular formula is C16H25N3O. The highest BCUT2D eigenvalue weighted by Gasteiger charge is 2.22. The van der Waals surface area contributed by atoms with E-state index in [1.165, 1.54) is 6.42 Å². The Morgan fingerprint density at radius 1 is 1.20 bits per heavy atom. The Bertz CT molecular complexity index is 413. The molecule has 1 unspecified atom stereocenters. The molecule has 20 heavy (non-hydrogen) atoms. The molecule has 1 aliphatic rings. The van der Waals surface area contributed by atoms with E-state index in [0.717, 1.165) is 31.9 Å². The van der Waals surface area contributed by atoms with Gasteiger partial charge < -0.3 is 10.2 Å². The van der Waals surface area contributed by atoms with Crippen LogP contribution < -0.4 is 5.32 Å². The van der Waals surface area contributed by atoms with Gasteiger partial charge in [0.05, 0.1) is 6.54 Å². The average molecular weight is 275 g/mol.